The van der Waals surface area contributed by atoms with E-state index >= 15 is 0 Å². The molecule has 0 aliphatic carbocycles. The van der Waals surface area contributed by atoms with Crippen molar-refractivity contribution in [3.05, 3.63) is 60.3 Å². The van der Waals surface area contributed by atoms with Gasteiger partial charge in [-0.15, -0.1) is 0 Å². The molecule has 1 amide bonds. The number of nitrogens with one attached hydrogen (secondary N) is 1. The zero-order valence-corrected chi connectivity index (χ0v) is 19.4. The van der Waals surface area contributed by atoms with Gasteiger partial charge in [-0.2, -0.15) is 0 Å². The van der Waals surface area contributed by atoms with E-state index in [9.17, 15) is 9.18 Å². The first kappa shape index (κ1) is 25.3. The molecule has 1 aromatic heterocycles. The summed E-state index contributed by atoms with van der Waals surface area (Å²) in [6, 6.07) is 4.37. The van der Waals surface area contributed by atoms with Crippen LogP contribution in [-0.4, -0.2) is 52.7 Å². The van der Waals surface area contributed by atoms with Gasteiger partial charge >= 0.3 is 0 Å². The van der Waals surface area contributed by atoms with Crippen LogP contribution < -0.4 is 15.8 Å². The van der Waals surface area contributed by atoms with Crippen molar-refractivity contribution in [1.82, 2.24) is 9.97 Å². The summed E-state index contributed by atoms with van der Waals surface area (Å²) < 4.78 is 24.7. The van der Waals surface area contributed by atoms with E-state index in [2.05, 4.69) is 26.9 Å². The number of carbonyl (C=O) groups is 1. The number of amides is 1. The van der Waals surface area contributed by atoms with Crippen molar-refractivity contribution in [3.63, 3.8) is 0 Å². The molecule has 32 heavy (non-hydrogen) atoms. The molecule has 8 nitrogen and oxygen atoms in total. The van der Waals surface area contributed by atoms with Gasteiger partial charge in [0.15, 0.2) is 5.17 Å². The van der Waals surface area contributed by atoms with Crippen LogP contribution in [0.2, 0.25) is 0 Å². The summed E-state index contributed by atoms with van der Waals surface area (Å²) in [6.07, 6.45) is 4.36. The first-order chi connectivity index (χ1) is 15.2. The van der Waals surface area contributed by atoms with E-state index in [1.165, 1.54) is 36.3 Å². The maximum atomic E-state index is 14.5. The standard InChI is InChI=1S/C22H28FN5O3S/c1-6-14(2)31-19-12-26-18(11-27-19)20(29)28-16-7-8-17(23)15(9-16)10-22(3,13-30-5)32-21(24)25-4/h6-9,11-12,14H,1,10,13H2,2-5H3,(H2,24,25)(H,28,29)/t14-,22-/m1/s1. The van der Waals surface area contributed by atoms with Crippen LogP contribution >= 0.6 is 11.8 Å². The lowest BCUT2D eigenvalue weighted by molar-refractivity contribution is 0.102. The van der Waals surface area contributed by atoms with E-state index in [1.54, 1.807) is 33.2 Å². The maximum Gasteiger partial charge on any atom is 0.275 e. The third-order valence-corrected chi connectivity index (χ3v) is 5.54. The van der Waals surface area contributed by atoms with Gasteiger partial charge in [0.2, 0.25) is 5.88 Å². The second kappa shape index (κ2) is 11.6. The lowest BCUT2D eigenvalue weighted by Gasteiger charge is -2.28. The fourth-order valence-electron chi connectivity index (χ4n) is 2.84. The normalized spacial score (nSPS) is 14.3. The van der Waals surface area contributed by atoms with Crippen molar-refractivity contribution < 1.29 is 18.7 Å². The Bertz CT molecular complexity index is 971. The molecule has 0 fully saturated rings. The highest BCUT2D eigenvalue weighted by atomic mass is 32.2. The highest BCUT2D eigenvalue weighted by Gasteiger charge is 2.29. The summed E-state index contributed by atoms with van der Waals surface area (Å²) in [4.78, 5) is 24.7. The van der Waals surface area contributed by atoms with Gasteiger partial charge in [0.25, 0.3) is 5.91 Å². The Kier molecular flexibility index (Phi) is 9.15. The van der Waals surface area contributed by atoms with Crippen LogP contribution in [-0.2, 0) is 11.2 Å². The van der Waals surface area contributed by atoms with Gasteiger partial charge in [0.05, 0.1) is 19.0 Å². The number of halogens is 1. The molecule has 1 aromatic carbocycles. The molecule has 1 heterocycles. The van der Waals surface area contributed by atoms with Gasteiger partial charge in [-0.1, -0.05) is 24.4 Å². The maximum absolute atomic E-state index is 14.5. The number of ether oxygens (including phenoxy) is 2. The molecule has 10 heteroatoms. The number of benzene rings is 1. The van der Waals surface area contributed by atoms with Crippen molar-refractivity contribution in [2.24, 2.45) is 10.7 Å². The smallest absolute Gasteiger partial charge is 0.275 e. The molecule has 0 bridgehead atoms. The molecular formula is C22H28FN5O3S. The predicted molar refractivity (Wildman–Crippen MR) is 126 cm³/mol. The summed E-state index contributed by atoms with van der Waals surface area (Å²) in [5.74, 6) is -0.590. The minimum absolute atomic E-state index is 0.0983. The molecule has 0 aliphatic heterocycles. The van der Waals surface area contributed by atoms with E-state index in [-0.39, 0.29) is 17.7 Å². The minimum Gasteiger partial charge on any atom is -0.469 e. The summed E-state index contributed by atoms with van der Waals surface area (Å²) in [6.45, 7) is 7.68. The van der Waals surface area contributed by atoms with Crippen molar-refractivity contribution in [2.75, 3.05) is 26.1 Å². The van der Waals surface area contributed by atoms with Crippen molar-refractivity contribution >= 4 is 28.5 Å². The summed E-state index contributed by atoms with van der Waals surface area (Å²) in [7, 11) is 3.16. The van der Waals surface area contributed by atoms with Gasteiger partial charge in [0, 0.05) is 24.6 Å². The highest BCUT2D eigenvalue weighted by Crippen LogP contribution is 2.31. The first-order valence-electron chi connectivity index (χ1n) is 9.81. The van der Waals surface area contributed by atoms with Crippen LogP contribution in [0.15, 0.2) is 48.2 Å². The highest BCUT2D eigenvalue weighted by molar-refractivity contribution is 8.15. The Morgan fingerprint density at radius 3 is 2.78 bits per heavy atom. The van der Waals surface area contributed by atoms with Gasteiger partial charge in [-0.3, -0.25) is 9.79 Å². The van der Waals surface area contributed by atoms with Crippen LogP contribution in [0, 0.1) is 5.82 Å². The topological polar surface area (TPSA) is 112 Å². The zero-order valence-electron chi connectivity index (χ0n) is 18.6. The number of aromatic nitrogens is 2. The number of rotatable bonds is 10. The van der Waals surface area contributed by atoms with Crippen LogP contribution in [0.1, 0.15) is 29.9 Å². The SMILES string of the molecule is C=C[C@@H](C)Oc1cnc(C(=O)Nc2ccc(F)c(C[C@](C)(COC)S/C(N)=N\C)c2)cn1. The van der Waals surface area contributed by atoms with Crippen LogP contribution in [0.25, 0.3) is 0 Å². The van der Waals surface area contributed by atoms with Crippen molar-refractivity contribution in [3.8, 4) is 5.88 Å². The molecule has 0 unspecified atom stereocenters. The number of hydrogen-bond acceptors (Lipinski definition) is 7. The average molecular weight is 462 g/mol. The van der Waals surface area contributed by atoms with E-state index in [0.29, 0.717) is 29.4 Å². The van der Waals surface area contributed by atoms with Gasteiger partial charge in [-0.25, -0.2) is 14.4 Å². The third-order valence-electron chi connectivity index (χ3n) is 4.39. The summed E-state index contributed by atoms with van der Waals surface area (Å²) >= 11 is 1.31. The molecule has 0 radical (unpaired) electrons. The largest absolute Gasteiger partial charge is 0.469 e. The number of amidine groups is 1. The van der Waals surface area contributed by atoms with Crippen molar-refractivity contribution in [1.29, 1.82) is 0 Å². The first-order valence-corrected chi connectivity index (χ1v) is 10.6. The fraction of sp³-hybridized carbons (Fsp3) is 0.364. The third kappa shape index (κ3) is 7.31. The molecular weight excluding hydrogens is 433 g/mol. The number of aliphatic imine (C=N–C) groups is 1. The monoisotopic (exact) mass is 461 g/mol. The Labute approximate surface area is 191 Å². The number of nitrogens with two attached hydrogens (primary N) is 1. The van der Waals surface area contributed by atoms with Gasteiger partial charge in [-0.05, 0) is 44.0 Å². The van der Waals surface area contributed by atoms with E-state index in [1.807, 2.05) is 6.92 Å². The quantitative estimate of drug-likeness (QED) is 0.317. The lowest BCUT2D eigenvalue weighted by Crippen LogP contribution is -2.33. The number of hydrogen-bond donors (Lipinski definition) is 2. The number of carbonyl (C=O) groups excluding carboxylic acids is 1. The molecule has 172 valence electrons. The molecule has 0 aliphatic rings. The van der Waals surface area contributed by atoms with Crippen molar-refractivity contribution in [2.45, 2.75) is 31.1 Å². The van der Waals surface area contributed by atoms with Crippen LogP contribution in [0.4, 0.5) is 10.1 Å². The second-order valence-corrected chi connectivity index (χ2v) is 8.89. The molecule has 0 saturated carbocycles. The average Bonchev–Trinajstić information content (AvgIpc) is 2.76. The zero-order chi connectivity index (χ0) is 23.7. The summed E-state index contributed by atoms with van der Waals surface area (Å²) in [5, 5.41) is 3.09. The molecule has 0 spiro atoms. The van der Waals surface area contributed by atoms with E-state index in [0.717, 1.165) is 0 Å². The van der Waals surface area contributed by atoms with E-state index < -0.39 is 16.5 Å². The molecule has 2 rings (SSSR count). The summed E-state index contributed by atoms with van der Waals surface area (Å²) in [5.41, 5.74) is 6.80. The molecule has 0 saturated heterocycles. The fourth-order valence-corrected chi connectivity index (χ4v) is 3.84. The number of anilines is 1. The molecule has 2 atom stereocenters. The number of methoxy groups -OCH3 is 1. The Morgan fingerprint density at radius 1 is 1.44 bits per heavy atom. The van der Waals surface area contributed by atoms with Gasteiger partial charge in [0.1, 0.15) is 17.6 Å². The Morgan fingerprint density at radius 2 is 2.19 bits per heavy atom. The molecule has 2 aromatic rings. The lowest BCUT2D eigenvalue weighted by atomic mass is 10.00. The second-order valence-electron chi connectivity index (χ2n) is 7.28. The van der Waals surface area contributed by atoms with Gasteiger partial charge < -0.3 is 20.5 Å². The van der Waals surface area contributed by atoms with E-state index in [4.69, 9.17) is 15.2 Å². The molecule has 3 N–H and O–H groups in total. The number of thioether (sulfide) groups is 1. The Hall–Kier alpha value is -2.98. The van der Waals surface area contributed by atoms with Crippen LogP contribution in [0.5, 0.6) is 5.88 Å². The predicted octanol–water partition coefficient (Wildman–Crippen LogP) is 3.45. The Balaban J connectivity index is 2.16. The number of nitrogens with zero attached hydrogens (tertiary/aromatic N) is 3. The van der Waals surface area contributed by atoms with Crippen LogP contribution in [0.3, 0.4) is 0 Å². The minimum atomic E-state index is -0.550.